The number of nitrogens with one attached hydrogen (secondary N) is 1. The highest BCUT2D eigenvalue weighted by atomic mass is 14.9. The Hall–Kier alpha value is -0.0400. The molecule has 3 unspecified atom stereocenters. The molecular weight excluding hydrogens is 146 g/mol. The number of piperidine rings is 1. The number of rotatable bonds is 3. The van der Waals surface area contributed by atoms with E-state index in [9.17, 15) is 0 Å². The minimum Gasteiger partial charge on any atom is -0.314 e. The summed E-state index contributed by atoms with van der Waals surface area (Å²) >= 11 is 0. The minimum absolute atomic E-state index is 0.800. The van der Waals surface area contributed by atoms with Crippen molar-refractivity contribution in [1.82, 2.24) is 5.32 Å². The molecule has 1 saturated heterocycles. The first-order valence-corrected chi connectivity index (χ1v) is 5.47. The second-order valence-corrected chi connectivity index (χ2v) is 4.43. The third kappa shape index (κ3) is 2.78. The van der Waals surface area contributed by atoms with Gasteiger partial charge in [-0.15, -0.1) is 0 Å². The van der Waals surface area contributed by atoms with Gasteiger partial charge in [-0.1, -0.05) is 27.2 Å². The Labute approximate surface area is 76.9 Å². The molecule has 72 valence electrons. The van der Waals surface area contributed by atoms with Crippen LogP contribution in [0.1, 0.15) is 46.5 Å². The van der Waals surface area contributed by atoms with E-state index in [1.54, 1.807) is 0 Å². The zero-order valence-corrected chi connectivity index (χ0v) is 8.77. The van der Waals surface area contributed by atoms with Gasteiger partial charge in [0.25, 0.3) is 0 Å². The Kier molecular flexibility index (Phi) is 4.07. The van der Waals surface area contributed by atoms with Gasteiger partial charge in [0, 0.05) is 6.04 Å². The van der Waals surface area contributed by atoms with Crippen LogP contribution in [0.2, 0.25) is 0 Å². The molecule has 1 aliphatic heterocycles. The fourth-order valence-electron chi connectivity index (χ4n) is 2.03. The SMILES string of the molecule is CCC(C)CC1NCCCC1C. The standard InChI is InChI=1S/C11H23N/c1-4-9(2)8-11-10(3)6-5-7-12-11/h9-12H,4-8H2,1-3H3. The van der Waals surface area contributed by atoms with E-state index >= 15 is 0 Å². The van der Waals surface area contributed by atoms with E-state index in [0.29, 0.717) is 0 Å². The molecule has 0 aromatic heterocycles. The van der Waals surface area contributed by atoms with Gasteiger partial charge >= 0.3 is 0 Å². The molecular formula is C11H23N. The van der Waals surface area contributed by atoms with Gasteiger partial charge in [0.1, 0.15) is 0 Å². The molecule has 0 spiro atoms. The van der Waals surface area contributed by atoms with Gasteiger partial charge in [0.2, 0.25) is 0 Å². The topological polar surface area (TPSA) is 12.0 Å². The average molecular weight is 169 g/mol. The van der Waals surface area contributed by atoms with E-state index in [2.05, 4.69) is 26.1 Å². The summed E-state index contributed by atoms with van der Waals surface area (Å²) in [5.41, 5.74) is 0. The summed E-state index contributed by atoms with van der Waals surface area (Å²) in [7, 11) is 0. The van der Waals surface area contributed by atoms with Gasteiger partial charge in [-0.3, -0.25) is 0 Å². The summed E-state index contributed by atoms with van der Waals surface area (Å²) in [5, 5.41) is 3.63. The van der Waals surface area contributed by atoms with Crippen molar-refractivity contribution in [2.45, 2.75) is 52.5 Å². The van der Waals surface area contributed by atoms with Crippen molar-refractivity contribution in [3.8, 4) is 0 Å². The number of hydrogen-bond donors (Lipinski definition) is 1. The lowest BCUT2D eigenvalue weighted by Crippen LogP contribution is -2.41. The molecule has 0 aromatic rings. The van der Waals surface area contributed by atoms with Gasteiger partial charge in [0.05, 0.1) is 0 Å². The average Bonchev–Trinajstić information content (AvgIpc) is 2.09. The Balaban J connectivity index is 2.28. The summed E-state index contributed by atoms with van der Waals surface area (Å²) in [6.45, 7) is 8.28. The molecule has 0 saturated carbocycles. The van der Waals surface area contributed by atoms with Crippen molar-refractivity contribution in [2.75, 3.05) is 6.54 Å². The van der Waals surface area contributed by atoms with E-state index in [0.717, 1.165) is 17.9 Å². The fourth-order valence-corrected chi connectivity index (χ4v) is 2.03. The van der Waals surface area contributed by atoms with Crippen molar-refractivity contribution in [3.05, 3.63) is 0 Å². The van der Waals surface area contributed by atoms with E-state index in [1.165, 1.54) is 32.2 Å². The lowest BCUT2D eigenvalue weighted by Gasteiger charge is -2.31. The van der Waals surface area contributed by atoms with Crippen LogP contribution in [0.5, 0.6) is 0 Å². The predicted octanol–water partition coefficient (Wildman–Crippen LogP) is 2.81. The third-order valence-corrected chi connectivity index (χ3v) is 3.28. The molecule has 1 N–H and O–H groups in total. The first kappa shape index (κ1) is 10.0. The maximum absolute atomic E-state index is 3.63. The Bertz CT molecular complexity index is 122. The Morgan fingerprint density at radius 2 is 2.25 bits per heavy atom. The molecule has 1 heterocycles. The highest BCUT2D eigenvalue weighted by Gasteiger charge is 2.21. The van der Waals surface area contributed by atoms with Crippen molar-refractivity contribution in [3.63, 3.8) is 0 Å². The molecule has 12 heavy (non-hydrogen) atoms. The van der Waals surface area contributed by atoms with Crippen LogP contribution in [0, 0.1) is 11.8 Å². The molecule has 1 aliphatic rings. The van der Waals surface area contributed by atoms with Gasteiger partial charge in [-0.2, -0.15) is 0 Å². The first-order chi connectivity index (χ1) is 5.74. The van der Waals surface area contributed by atoms with Crippen LogP contribution in [0.15, 0.2) is 0 Å². The molecule has 1 fully saturated rings. The van der Waals surface area contributed by atoms with Crippen LogP contribution in [-0.4, -0.2) is 12.6 Å². The molecule has 1 nitrogen and oxygen atoms in total. The van der Waals surface area contributed by atoms with Gasteiger partial charge in [-0.05, 0) is 37.6 Å². The maximum Gasteiger partial charge on any atom is 0.00952 e. The van der Waals surface area contributed by atoms with Crippen molar-refractivity contribution in [2.24, 2.45) is 11.8 Å². The monoisotopic (exact) mass is 169 g/mol. The Morgan fingerprint density at radius 3 is 2.83 bits per heavy atom. The summed E-state index contributed by atoms with van der Waals surface area (Å²) in [6, 6.07) is 0.800. The zero-order chi connectivity index (χ0) is 8.97. The van der Waals surface area contributed by atoms with Crippen LogP contribution in [-0.2, 0) is 0 Å². The lowest BCUT2D eigenvalue weighted by molar-refractivity contribution is 0.257. The molecule has 0 aliphatic carbocycles. The molecule has 0 amide bonds. The second-order valence-electron chi connectivity index (χ2n) is 4.43. The van der Waals surface area contributed by atoms with Crippen molar-refractivity contribution >= 4 is 0 Å². The molecule has 0 radical (unpaired) electrons. The lowest BCUT2D eigenvalue weighted by atomic mass is 9.86. The van der Waals surface area contributed by atoms with Gasteiger partial charge in [0.15, 0.2) is 0 Å². The van der Waals surface area contributed by atoms with Crippen LogP contribution in [0.3, 0.4) is 0 Å². The zero-order valence-electron chi connectivity index (χ0n) is 8.77. The van der Waals surface area contributed by atoms with Crippen molar-refractivity contribution < 1.29 is 0 Å². The second kappa shape index (κ2) is 4.86. The quantitative estimate of drug-likeness (QED) is 0.685. The van der Waals surface area contributed by atoms with E-state index < -0.39 is 0 Å². The summed E-state index contributed by atoms with van der Waals surface area (Å²) in [6.07, 6.45) is 5.49. The smallest absolute Gasteiger partial charge is 0.00952 e. The van der Waals surface area contributed by atoms with Gasteiger partial charge in [-0.25, -0.2) is 0 Å². The highest BCUT2D eigenvalue weighted by molar-refractivity contribution is 4.79. The van der Waals surface area contributed by atoms with E-state index in [1.807, 2.05) is 0 Å². The maximum atomic E-state index is 3.63. The summed E-state index contributed by atoms with van der Waals surface area (Å²) < 4.78 is 0. The molecule has 1 rings (SSSR count). The van der Waals surface area contributed by atoms with Crippen LogP contribution in [0.25, 0.3) is 0 Å². The minimum atomic E-state index is 0.800. The largest absolute Gasteiger partial charge is 0.314 e. The highest BCUT2D eigenvalue weighted by Crippen LogP contribution is 2.22. The van der Waals surface area contributed by atoms with Gasteiger partial charge < -0.3 is 5.32 Å². The fraction of sp³-hybridized carbons (Fsp3) is 1.00. The molecule has 3 atom stereocenters. The summed E-state index contributed by atoms with van der Waals surface area (Å²) in [5.74, 6) is 1.79. The molecule has 1 heteroatoms. The van der Waals surface area contributed by atoms with Crippen LogP contribution < -0.4 is 5.32 Å². The molecule has 0 bridgehead atoms. The third-order valence-electron chi connectivity index (χ3n) is 3.28. The molecule has 0 aromatic carbocycles. The van der Waals surface area contributed by atoms with Crippen LogP contribution in [0.4, 0.5) is 0 Å². The normalized spacial score (nSPS) is 33.2. The van der Waals surface area contributed by atoms with E-state index in [-0.39, 0.29) is 0 Å². The van der Waals surface area contributed by atoms with Crippen molar-refractivity contribution in [1.29, 1.82) is 0 Å². The number of hydrogen-bond acceptors (Lipinski definition) is 1. The predicted molar refractivity (Wildman–Crippen MR) is 54.3 cm³/mol. The first-order valence-electron chi connectivity index (χ1n) is 5.47. The summed E-state index contributed by atoms with van der Waals surface area (Å²) in [4.78, 5) is 0. The van der Waals surface area contributed by atoms with Crippen LogP contribution >= 0.6 is 0 Å². The van der Waals surface area contributed by atoms with E-state index in [4.69, 9.17) is 0 Å². The Morgan fingerprint density at radius 1 is 1.50 bits per heavy atom.